The van der Waals surface area contributed by atoms with Crippen LogP contribution in [0.1, 0.15) is 27.2 Å². The van der Waals surface area contributed by atoms with E-state index in [0.29, 0.717) is 0 Å². The molecule has 1 heterocycles. The number of benzene rings is 1. The van der Waals surface area contributed by atoms with E-state index in [-0.39, 0.29) is 5.60 Å². The molecule has 1 aromatic heterocycles. The molecular formula is C17H22NO+. The summed E-state index contributed by atoms with van der Waals surface area (Å²) in [6, 6.07) is 14.4. The van der Waals surface area contributed by atoms with E-state index in [1.54, 1.807) is 0 Å². The van der Waals surface area contributed by atoms with Crippen molar-refractivity contribution < 1.29 is 9.30 Å². The van der Waals surface area contributed by atoms with Crippen LogP contribution in [-0.2, 0) is 7.05 Å². The van der Waals surface area contributed by atoms with Gasteiger partial charge in [-0.2, -0.15) is 0 Å². The highest BCUT2D eigenvalue weighted by atomic mass is 16.5. The van der Waals surface area contributed by atoms with Crippen molar-refractivity contribution in [3.63, 3.8) is 0 Å². The molecule has 2 nitrogen and oxygen atoms in total. The minimum absolute atomic E-state index is 0.149. The zero-order chi connectivity index (χ0) is 13.9. The summed E-state index contributed by atoms with van der Waals surface area (Å²) in [7, 11) is 2.05. The second kappa shape index (κ2) is 5.43. The molecule has 0 aliphatic rings. The molecule has 0 N–H and O–H groups in total. The monoisotopic (exact) mass is 256 g/mol. The van der Waals surface area contributed by atoms with E-state index in [0.717, 1.165) is 23.4 Å². The summed E-state index contributed by atoms with van der Waals surface area (Å²) in [4.78, 5) is 0. The molecule has 0 saturated carbocycles. The lowest BCUT2D eigenvalue weighted by atomic mass is 10.1. The lowest BCUT2D eigenvalue weighted by Gasteiger charge is -2.25. The van der Waals surface area contributed by atoms with Crippen molar-refractivity contribution >= 4 is 0 Å². The van der Waals surface area contributed by atoms with Crippen molar-refractivity contribution in [2.45, 2.75) is 32.8 Å². The molecule has 0 radical (unpaired) electrons. The Morgan fingerprint density at radius 3 is 2.42 bits per heavy atom. The lowest BCUT2D eigenvalue weighted by molar-refractivity contribution is -0.660. The molecule has 2 aromatic rings. The molecule has 0 fully saturated rings. The molecule has 0 atom stereocenters. The fourth-order valence-corrected chi connectivity index (χ4v) is 1.94. The van der Waals surface area contributed by atoms with Crippen LogP contribution in [-0.4, -0.2) is 5.60 Å². The van der Waals surface area contributed by atoms with E-state index in [1.807, 2.05) is 24.3 Å². The molecule has 0 spiro atoms. The minimum Gasteiger partial charge on any atom is -0.487 e. The first-order valence-corrected chi connectivity index (χ1v) is 6.76. The minimum atomic E-state index is -0.149. The molecule has 19 heavy (non-hydrogen) atoms. The van der Waals surface area contributed by atoms with Gasteiger partial charge in [-0.25, -0.2) is 4.57 Å². The Morgan fingerprint density at radius 1 is 1.05 bits per heavy atom. The molecule has 2 rings (SSSR count). The van der Waals surface area contributed by atoms with E-state index in [1.165, 1.54) is 0 Å². The number of nitrogens with zero attached hydrogens (tertiary/aromatic N) is 1. The maximum atomic E-state index is 6.18. The van der Waals surface area contributed by atoms with Crippen LogP contribution in [0.4, 0.5) is 0 Å². The van der Waals surface area contributed by atoms with Gasteiger partial charge in [0, 0.05) is 12.1 Å². The van der Waals surface area contributed by atoms with Gasteiger partial charge in [0.05, 0.1) is 5.56 Å². The maximum Gasteiger partial charge on any atom is 0.216 e. The Balaban J connectivity index is 2.45. The summed E-state index contributed by atoms with van der Waals surface area (Å²) >= 11 is 0. The largest absolute Gasteiger partial charge is 0.487 e. The first-order chi connectivity index (χ1) is 9.03. The number of pyridine rings is 1. The number of rotatable bonds is 4. The van der Waals surface area contributed by atoms with Crippen LogP contribution in [0.15, 0.2) is 48.7 Å². The maximum absolute atomic E-state index is 6.18. The van der Waals surface area contributed by atoms with Gasteiger partial charge in [0.25, 0.3) is 0 Å². The smallest absolute Gasteiger partial charge is 0.216 e. The van der Waals surface area contributed by atoms with Crippen molar-refractivity contribution in [3.05, 3.63) is 48.7 Å². The Labute approximate surface area is 115 Å². The SMILES string of the molecule is CCC(C)(C)Oc1ccccc1-c1cccc[n+]1C. The van der Waals surface area contributed by atoms with Crippen LogP contribution in [0.2, 0.25) is 0 Å². The third-order valence-electron chi connectivity index (χ3n) is 3.46. The first-order valence-electron chi connectivity index (χ1n) is 6.76. The average Bonchev–Trinajstić information content (AvgIpc) is 2.40. The van der Waals surface area contributed by atoms with Crippen LogP contribution in [0.5, 0.6) is 5.75 Å². The number of hydrogen-bond donors (Lipinski definition) is 0. The Bertz CT molecular complexity index is 561. The molecule has 0 saturated heterocycles. The number of ether oxygens (including phenoxy) is 1. The number of aromatic nitrogens is 1. The molecule has 2 heteroatoms. The highest BCUT2D eigenvalue weighted by Crippen LogP contribution is 2.31. The molecule has 100 valence electrons. The van der Waals surface area contributed by atoms with Gasteiger partial charge in [-0.1, -0.05) is 19.1 Å². The van der Waals surface area contributed by atoms with Crippen molar-refractivity contribution in [3.8, 4) is 17.0 Å². The second-order valence-corrected chi connectivity index (χ2v) is 5.41. The first kappa shape index (κ1) is 13.6. The summed E-state index contributed by atoms with van der Waals surface area (Å²) in [5.74, 6) is 0.941. The zero-order valence-electron chi connectivity index (χ0n) is 12.2. The van der Waals surface area contributed by atoms with Gasteiger partial charge >= 0.3 is 0 Å². The Morgan fingerprint density at radius 2 is 1.74 bits per heavy atom. The van der Waals surface area contributed by atoms with Crippen molar-refractivity contribution in [1.82, 2.24) is 0 Å². The van der Waals surface area contributed by atoms with Gasteiger partial charge in [-0.05, 0) is 38.5 Å². The van der Waals surface area contributed by atoms with Gasteiger partial charge < -0.3 is 4.74 Å². The lowest BCUT2D eigenvalue weighted by Crippen LogP contribution is -2.31. The molecule has 0 amide bonds. The summed E-state index contributed by atoms with van der Waals surface area (Å²) in [5, 5.41) is 0. The standard InChI is InChI=1S/C17H22NO/c1-5-17(2,3)19-16-12-7-6-10-14(16)15-11-8-9-13-18(15)4/h6-13H,5H2,1-4H3/q+1. The third kappa shape index (κ3) is 3.14. The van der Waals surface area contributed by atoms with Crippen molar-refractivity contribution in [2.75, 3.05) is 0 Å². The molecule has 0 unspecified atom stereocenters. The van der Waals surface area contributed by atoms with Crippen LogP contribution in [0.3, 0.4) is 0 Å². The molecule has 1 aromatic carbocycles. The summed E-state index contributed by atoms with van der Waals surface area (Å²) in [5.41, 5.74) is 2.14. The summed E-state index contributed by atoms with van der Waals surface area (Å²) < 4.78 is 8.29. The number of hydrogen-bond acceptors (Lipinski definition) is 1. The van der Waals surface area contributed by atoms with Crippen LogP contribution >= 0.6 is 0 Å². The van der Waals surface area contributed by atoms with E-state index in [2.05, 4.69) is 56.8 Å². The van der Waals surface area contributed by atoms with Gasteiger partial charge in [-0.3, -0.25) is 0 Å². The van der Waals surface area contributed by atoms with Crippen LogP contribution < -0.4 is 9.30 Å². The highest BCUT2D eigenvalue weighted by molar-refractivity contribution is 5.64. The predicted molar refractivity (Wildman–Crippen MR) is 78.1 cm³/mol. The Kier molecular flexibility index (Phi) is 3.89. The number of para-hydroxylation sites is 1. The third-order valence-corrected chi connectivity index (χ3v) is 3.46. The topological polar surface area (TPSA) is 13.1 Å². The predicted octanol–water partition coefficient (Wildman–Crippen LogP) is 3.75. The van der Waals surface area contributed by atoms with Crippen LogP contribution in [0, 0.1) is 0 Å². The van der Waals surface area contributed by atoms with E-state index in [4.69, 9.17) is 4.74 Å². The van der Waals surface area contributed by atoms with E-state index < -0.39 is 0 Å². The fourth-order valence-electron chi connectivity index (χ4n) is 1.94. The molecule has 0 aliphatic carbocycles. The second-order valence-electron chi connectivity index (χ2n) is 5.41. The quantitative estimate of drug-likeness (QED) is 0.759. The molecule has 0 bridgehead atoms. The zero-order valence-corrected chi connectivity index (χ0v) is 12.2. The Hall–Kier alpha value is -1.83. The van der Waals surface area contributed by atoms with E-state index in [9.17, 15) is 0 Å². The average molecular weight is 256 g/mol. The van der Waals surface area contributed by atoms with Gasteiger partial charge in [-0.15, -0.1) is 0 Å². The summed E-state index contributed by atoms with van der Waals surface area (Å²) in [6.07, 6.45) is 3.03. The highest BCUT2D eigenvalue weighted by Gasteiger charge is 2.21. The fraction of sp³-hybridized carbons (Fsp3) is 0.353. The van der Waals surface area contributed by atoms with Crippen molar-refractivity contribution in [2.24, 2.45) is 7.05 Å². The normalized spacial score (nSPS) is 11.4. The molecule has 0 aliphatic heterocycles. The molecular weight excluding hydrogens is 234 g/mol. The number of aryl methyl sites for hydroxylation is 1. The summed E-state index contributed by atoms with van der Waals surface area (Å²) in [6.45, 7) is 6.38. The van der Waals surface area contributed by atoms with Gasteiger partial charge in [0.2, 0.25) is 5.69 Å². The van der Waals surface area contributed by atoms with Crippen LogP contribution in [0.25, 0.3) is 11.3 Å². The van der Waals surface area contributed by atoms with Crippen molar-refractivity contribution in [1.29, 1.82) is 0 Å². The van der Waals surface area contributed by atoms with Gasteiger partial charge in [0.1, 0.15) is 18.4 Å². The van der Waals surface area contributed by atoms with Gasteiger partial charge in [0.15, 0.2) is 6.20 Å². The van der Waals surface area contributed by atoms with E-state index >= 15 is 0 Å².